The molecule has 170 valence electrons. The maximum atomic E-state index is 12.8. The van der Waals surface area contributed by atoms with Crippen LogP contribution in [0.2, 0.25) is 5.02 Å². The van der Waals surface area contributed by atoms with Crippen molar-refractivity contribution in [1.29, 1.82) is 0 Å². The molecule has 1 aromatic heterocycles. The van der Waals surface area contributed by atoms with Crippen LogP contribution in [0.15, 0.2) is 56.6 Å². The lowest BCUT2D eigenvalue weighted by molar-refractivity contribution is -0.121. The minimum atomic E-state index is -3.62. The summed E-state index contributed by atoms with van der Waals surface area (Å²) in [6.07, 6.45) is 1.73. The largest absolute Gasteiger partial charge is 0.419 e. The van der Waals surface area contributed by atoms with Crippen molar-refractivity contribution in [1.82, 2.24) is 14.2 Å². The lowest BCUT2D eigenvalue weighted by atomic mass is 10.1. The Morgan fingerprint density at radius 3 is 2.62 bits per heavy atom. The second-order valence-corrected chi connectivity index (χ2v) is 10.2. The molecule has 3 aromatic rings. The predicted molar refractivity (Wildman–Crippen MR) is 121 cm³/mol. The molecule has 0 saturated carbocycles. The molecule has 0 bridgehead atoms. The summed E-state index contributed by atoms with van der Waals surface area (Å²) in [6, 6.07) is 11.4. The third-order valence-corrected chi connectivity index (χ3v) is 7.89. The lowest BCUT2D eigenvalue weighted by Gasteiger charge is -2.16. The first-order valence-electron chi connectivity index (χ1n) is 10.4. The lowest BCUT2D eigenvalue weighted by Crippen LogP contribution is -2.28. The molecule has 1 unspecified atom stereocenters. The second kappa shape index (κ2) is 9.09. The highest BCUT2D eigenvalue weighted by Crippen LogP contribution is 2.25. The average Bonchev–Trinajstić information content (AvgIpc) is 3.40. The van der Waals surface area contributed by atoms with Gasteiger partial charge < -0.3 is 9.73 Å². The maximum Gasteiger partial charge on any atom is 0.419 e. The highest BCUT2D eigenvalue weighted by Gasteiger charge is 2.28. The summed E-state index contributed by atoms with van der Waals surface area (Å²) >= 11 is 6.18. The van der Waals surface area contributed by atoms with Crippen LogP contribution in [0.4, 0.5) is 0 Å². The van der Waals surface area contributed by atoms with E-state index in [1.54, 1.807) is 12.1 Å². The molecule has 1 saturated heterocycles. The minimum Gasteiger partial charge on any atom is -0.408 e. The van der Waals surface area contributed by atoms with Gasteiger partial charge in [-0.25, -0.2) is 13.2 Å². The maximum absolute atomic E-state index is 12.8. The van der Waals surface area contributed by atoms with Crippen LogP contribution in [-0.2, 0) is 21.4 Å². The number of carbonyl (C=O) groups is 1. The van der Waals surface area contributed by atoms with E-state index in [4.69, 9.17) is 16.0 Å². The van der Waals surface area contributed by atoms with Gasteiger partial charge in [0.05, 0.1) is 16.5 Å². The molecule has 2 heterocycles. The topological polar surface area (TPSA) is 102 Å². The van der Waals surface area contributed by atoms with Crippen LogP contribution in [-0.4, -0.2) is 36.3 Å². The van der Waals surface area contributed by atoms with Crippen molar-refractivity contribution in [3.63, 3.8) is 0 Å². The van der Waals surface area contributed by atoms with Crippen molar-refractivity contribution in [3.05, 3.63) is 63.6 Å². The smallest absolute Gasteiger partial charge is 0.408 e. The van der Waals surface area contributed by atoms with Crippen LogP contribution < -0.4 is 11.1 Å². The standard InChI is InChI=1S/C22H24ClN3O5S/c1-15(17-6-2-3-7-18(17)23)24-21(27)10-13-26-19-9-8-16(14-20(19)31-22(26)28)32(29,30)25-11-4-5-12-25/h2-3,6-9,14-15H,4-5,10-13H2,1H3,(H,24,27). The Balaban J connectivity index is 1.48. The molecule has 32 heavy (non-hydrogen) atoms. The van der Waals surface area contributed by atoms with Gasteiger partial charge in [0.25, 0.3) is 0 Å². The van der Waals surface area contributed by atoms with Crippen LogP contribution in [0, 0.1) is 0 Å². The summed E-state index contributed by atoms with van der Waals surface area (Å²) in [7, 11) is -3.62. The molecule has 1 aliphatic rings. The molecule has 0 spiro atoms. The zero-order chi connectivity index (χ0) is 22.9. The van der Waals surface area contributed by atoms with Gasteiger partial charge in [0, 0.05) is 37.1 Å². The van der Waals surface area contributed by atoms with E-state index in [0.717, 1.165) is 18.4 Å². The summed E-state index contributed by atoms with van der Waals surface area (Å²) in [4.78, 5) is 24.9. The van der Waals surface area contributed by atoms with E-state index >= 15 is 0 Å². The third-order valence-electron chi connectivity index (χ3n) is 5.65. The van der Waals surface area contributed by atoms with Gasteiger partial charge in [-0.05, 0) is 43.5 Å². The van der Waals surface area contributed by atoms with E-state index in [2.05, 4.69) is 5.32 Å². The van der Waals surface area contributed by atoms with Gasteiger partial charge in [-0.3, -0.25) is 9.36 Å². The van der Waals surface area contributed by atoms with E-state index in [-0.39, 0.29) is 35.4 Å². The number of fused-ring (bicyclic) bond motifs is 1. The highest BCUT2D eigenvalue weighted by atomic mass is 35.5. The summed E-state index contributed by atoms with van der Waals surface area (Å²) in [5, 5.41) is 3.44. The van der Waals surface area contributed by atoms with Gasteiger partial charge in [-0.15, -0.1) is 0 Å². The fraction of sp³-hybridized carbons (Fsp3) is 0.364. The van der Waals surface area contributed by atoms with E-state index in [1.807, 2.05) is 25.1 Å². The molecular weight excluding hydrogens is 454 g/mol. The van der Waals surface area contributed by atoms with Gasteiger partial charge in [0.2, 0.25) is 15.9 Å². The number of hydrogen-bond acceptors (Lipinski definition) is 5. The number of nitrogens with one attached hydrogen (secondary N) is 1. The molecule has 0 radical (unpaired) electrons. The Morgan fingerprint density at radius 1 is 1.19 bits per heavy atom. The van der Waals surface area contributed by atoms with Gasteiger partial charge in [-0.1, -0.05) is 29.8 Å². The van der Waals surface area contributed by atoms with Crippen molar-refractivity contribution in [3.8, 4) is 0 Å². The van der Waals surface area contributed by atoms with E-state index in [1.165, 1.54) is 21.0 Å². The van der Waals surface area contributed by atoms with E-state index in [0.29, 0.717) is 23.6 Å². The number of sulfonamides is 1. The van der Waals surface area contributed by atoms with Crippen molar-refractivity contribution < 1.29 is 17.6 Å². The number of aryl methyl sites for hydroxylation is 1. The van der Waals surface area contributed by atoms with Crippen LogP contribution in [0.25, 0.3) is 11.1 Å². The fourth-order valence-corrected chi connectivity index (χ4v) is 5.76. The molecule has 1 fully saturated rings. The Labute approximate surface area is 190 Å². The zero-order valence-corrected chi connectivity index (χ0v) is 19.2. The average molecular weight is 478 g/mol. The number of nitrogens with zero attached hydrogens (tertiary/aromatic N) is 2. The normalized spacial score (nSPS) is 15.8. The van der Waals surface area contributed by atoms with Crippen LogP contribution >= 0.6 is 11.6 Å². The number of benzene rings is 2. The minimum absolute atomic E-state index is 0.0527. The molecule has 4 rings (SSSR count). The Bertz CT molecular complexity index is 1310. The van der Waals surface area contributed by atoms with Crippen LogP contribution in [0.3, 0.4) is 0 Å². The Hall–Kier alpha value is -2.62. The first-order chi connectivity index (χ1) is 15.3. The molecule has 8 nitrogen and oxygen atoms in total. The first-order valence-corrected chi connectivity index (χ1v) is 12.3. The molecule has 2 aromatic carbocycles. The number of amides is 1. The summed E-state index contributed by atoms with van der Waals surface area (Å²) in [5.41, 5.74) is 1.43. The van der Waals surface area contributed by atoms with Gasteiger partial charge in [-0.2, -0.15) is 4.31 Å². The molecule has 1 N–H and O–H groups in total. The molecule has 10 heteroatoms. The van der Waals surface area contributed by atoms with Crippen molar-refractivity contribution in [2.24, 2.45) is 0 Å². The number of oxazole rings is 1. The molecule has 0 aliphatic carbocycles. The number of rotatable bonds is 7. The van der Waals surface area contributed by atoms with Gasteiger partial charge in [0.1, 0.15) is 0 Å². The summed E-state index contributed by atoms with van der Waals surface area (Å²) < 4.78 is 33.6. The van der Waals surface area contributed by atoms with Crippen molar-refractivity contribution >= 4 is 38.6 Å². The fourth-order valence-electron chi connectivity index (χ4n) is 3.93. The first kappa shape index (κ1) is 22.6. The number of hydrogen-bond donors (Lipinski definition) is 1. The quantitative estimate of drug-likeness (QED) is 0.562. The van der Waals surface area contributed by atoms with Crippen LogP contribution in [0.1, 0.15) is 37.8 Å². The molecule has 1 atom stereocenters. The zero-order valence-electron chi connectivity index (χ0n) is 17.6. The van der Waals surface area contributed by atoms with Crippen molar-refractivity contribution in [2.45, 2.75) is 43.7 Å². The number of halogens is 1. The molecule has 1 aliphatic heterocycles. The Kier molecular flexibility index (Phi) is 6.41. The van der Waals surface area contributed by atoms with Gasteiger partial charge >= 0.3 is 5.76 Å². The van der Waals surface area contributed by atoms with Crippen molar-refractivity contribution in [2.75, 3.05) is 13.1 Å². The van der Waals surface area contributed by atoms with Gasteiger partial charge in [0.15, 0.2) is 5.58 Å². The third kappa shape index (κ3) is 4.46. The highest BCUT2D eigenvalue weighted by molar-refractivity contribution is 7.89. The second-order valence-electron chi connectivity index (χ2n) is 7.82. The predicted octanol–water partition coefficient (Wildman–Crippen LogP) is 3.30. The van der Waals surface area contributed by atoms with E-state index < -0.39 is 15.8 Å². The SMILES string of the molecule is CC(NC(=O)CCn1c(=O)oc2cc(S(=O)(=O)N3CCCC3)ccc21)c1ccccc1Cl. The monoisotopic (exact) mass is 477 g/mol. The summed E-state index contributed by atoms with van der Waals surface area (Å²) in [6.45, 7) is 2.92. The summed E-state index contributed by atoms with van der Waals surface area (Å²) in [5.74, 6) is -0.880. The van der Waals surface area contributed by atoms with E-state index in [9.17, 15) is 18.0 Å². The molecule has 1 amide bonds. The molecular formula is C22H24ClN3O5S. The number of aromatic nitrogens is 1. The van der Waals surface area contributed by atoms with Crippen LogP contribution in [0.5, 0.6) is 0 Å². The Morgan fingerprint density at radius 2 is 1.91 bits per heavy atom. The number of carbonyl (C=O) groups excluding carboxylic acids is 1.